The molecule has 1 aliphatic rings. The topological polar surface area (TPSA) is 20.2 Å². The molecule has 0 heterocycles. The van der Waals surface area contributed by atoms with Crippen molar-refractivity contribution in [2.45, 2.75) is 39.2 Å². The molecule has 0 aliphatic heterocycles. The maximum atomic E-state index is 9.35. The van der Waals surface area contributed by atoms with E-state index in [4.69, 9.17) is 0 Å². The Kier molecular flexibility index (Phi) is 4.69. The zero-order chi connectivity index (χ0) is 6.85. The van der Waals surface area contributed by atoms with Crippen molar-refractivity contribution in [2.24, 2.45) is 11.8 Å². The fourth-order valence-corrected chi connectivity index (χ4v) is 1.55. The Morgan fingerprint density at radius 1 is 1.20 bits per heavy atom. The van der Waals surface area contributed by atoms with Crippen molar-refractivity contribution in [2.75, 3.05) is 0 Å². The number of hydrogen-bond acceptors (Lipinski definition) is 1. The molecule has 1 fully saturated rings. The molecule has 1 N–H and O–H groups in total. The van der Waals surface area contributed by atoms with Crippen LogP contribution in [-0.2, 0) is 0 Å². The van der Waals surface area contributed by atoms with Crippen LogP contribution in [0, 0.1) is 11.8 Å². The van der Waals surface area contributed by atoms with Crippen LogP contribution < -0.4 is 0 Å². The third kappa shape index (κ3) is 2.31. The van der Waals surface area contributed by atoms with Gasteiger partial charge in [-0.1, -0.05) is 26.7 Å². The fraction of sp³-hybridized carbons (Fsp3) is 1.00. The molecule has 0 aromatic carbocycles. The number of aliphatic hydroxyl groups excluding tert-OH is 1. The van der Waals surface area contributed by atoms with Crippen molar-refractivity contribution in [3.8, 4) is 0 Å². The first-order valence-electron chi connectivity index (χ1n) is 3.90. The van der Waals surface area contributed by atoms with Gasteiger partial charge in [-0.2, -0.15) is 0 Å². The van der Waals surface area contributed by atoms with Crippen molar-refractivity contribution in [1.29, 1.82) is 0 Å². The van der Waals surface area contributed by atoms with Crippen molar-refractivity contribution in [1.82, 2.24) is 0 Å². The maximum absolute atomic E-state index is 9.35. The number of hydrogen-bond donors (Lipinski definition) is 1. The average Bonchev–Trinajstić information content (AvgIpc) is 1.83. The second-order valence-electron chi connectivity index (χ2n) is 3.33. The van der Waals surface area contributed by atoms with Gasteiger partial charge in [0, 0.05) is 0 Å². The van der Waals surface area contributed by atoms with Gasteiger partial charge < -0.3 is 5.11 Å². The summed E-state index contributed by atoms with van der Waals surface area (Å²) in [7, 11) is 0. The van der Waals surface area contributed by atoms with Crippen LogP contribution in [0.4, 0.5) is 0 Å². The van der Waals surface area contributed by atoms with Gasteiger partial charge in [0.25, 0.3) is 0 Å². The summed E-state index contributed by atoms with van der Waals surface area (Å²) in [6.07, 6.45) is 3.52. The zero-order valence-electron chi connectivity index (χ0n) is 6.30. The molecule has 0 amide bonds. The summed E-state index contributed by atoms with van der Waals surface area (Å²) in [5, 5.41) is 9.35. The molecular weight excluding hydrogens is 119 g/mol. The van der Waals surface area contributed by atoms with Gasteiger partial charge in [-0.3, -0.25) is 0 Å². The molecule has 10 heavy (non-hydrogen) atoms. The van der Waals surface area contributed by atoms with Crippen molar-refractivity contribution >= 4 is 18.9 Å². The van der Waals surface area contributed by atoms with Crippen LogP contribution in [0.5, 0.6) is 0 Å². The summed E-state index contributed by atoms with van der Waals surface area (Å²) < 4.78 is 0. The van der Waals surface area contributed by atoms with E-state index >= 15 is 0 Å². The monoisotopic (exact) mass is 136 g/mol. The quantitative estimate of drug-likeness (QED) is 0.495. The van der Waals surface area contributed by atoms with Gasteiger partial charge >= 0.3 is 18.9 Å². The summed E-state index contributed by atoms with van der Waals surface area (Å²) in [6.45, 7) is 4.38. The molecule has 0 radical (unpaired) electrons. The van der Waals surface area contributed by atoms with E-state index < -0.39 is 0 Å². The van der Waals surface area contributed by atoms with E-state index in [1.807, 2.05) is 0 Å². The van der Waals surface area contributed by atoms with Gasteiger partial charge in [0.15, 0.2) is 0 Å². The first-order valence-corrected chi connectivity index (χ1v) is 3.90. The second kappa shape index (κ2) is 4.44. The molecule has 0 bridgehead atoms. The third-order valence-corrected chi connectivity index (χ3v) is 2.66. The molecule has 56 valence electrons. The van der Waals surface area contributed by atoms with Gasteiger partial charge in [0.1, 0.15) is 0 Å². The predicted octanol–water partition coefficient (Wildman–Crippen LogP) is 1.15. The summed E-state index contributed by atoms with van der Waals surface area (Å²) >= 11 is 0. The standard InChI is InChI=1S/C8H16O.Li.H/c1-6-4-3-5-8(9)7(6)2;;/h6-9H,3-5H2,1-2H3;;. The molecule has 3 unspecified atom stereocenters. The summed E-state index contributed by atoms with van der Waals surface area (Å²) in [6, 6.07) is 0. The van der Waals surface area contributed by atoms with E-state index in [1.54, 1.807) is 0 Å². The Hall–Kier alpha value is 0.557. The molecule has 1 saturated carbocycles. The van der Waals surface area contributed by atoms with Crippen molar-refractivity contribution < 1.29 is 5.11 Å². The molecule has 1 aliphatic carbocycles. The second-order valence-corrected chi connectivity index (χ2v) is 3.33. The molecule has 1 nitrogen and oxygen atoms in total. The molecule has 3 atom stereocenters. The minimum atomic E-state index is -0.0197. The normalized spacial score (nSPS) is 40.5. The molecule has 0 spiro atoms. The van der Waals surface area contributed by atoms with Gasteiger partial charge in [-0.15, -0.1) is 0 Å². The molecular formula is C8H17LiO. The van der Waals surface area contributed by atoms with Gasteiger partial charge in [0.2, 0.25) is 0 Å². The van der Waals surface area contributed by atoms with Gasteiger partial charge in [0.05, 0.1) is 6.10 Å². The number of aliphatic hydroxyl groups is 1. The molecule has 0 aromatic rings. The molecule has 2 heteroatoms. The summed E-state index contributed by atoms with van der Waals surface area (Å²) in [5.41, 5.74) is 0. The van der Waals surface area contributed by atoms with E-state index in [-0.39, 0.29) is 25.0 Å². The summed E-state index contributed by atoms with van der Waals surface area (Å²) in [5.74, 6) is 1.26. The van der Waals surface area contributed by atoms with Crippen molar-refractivity contribution in [3.63, 3.8) is 0 Å². The Morgan fingerprint density at radius 3 is 2.20 bits per heavy atom. The fourth-order valence-electron chi connectivity index (χ4n) is 1.55. The third-order valence-electron chi connectivity index (χ3n) is 2.66. The predicted molar refractivity (Wildman–Crippen MR) is 45.3 cm³/mol. The average molecular weight is 136 g/mol. The van der Waals surface area contributed by atoms with E-state index in [9.17, 15) is 5.11 Å². The Balaban J connectivity index is 0.000000810. The van der Waals surface area contributed by atoms with Crippen LogP contribution in [0.15, 0.2) is 0 Å². The SMILES string of the molecule is CC1CCCC(O)C1C.[LiH]. The Labute approximate surface area is 75.4 Å². The van der Waals surface area contributed by atoms with Crippen LogP contribution >= 0.6 is 0 Å². The molecule has 0 aromatic heterocycles. The van der Waals surface area contributed by atoms with Gasteiger partial charge in [-0.25, -0.2) is 0 Å². The van der Waals surface area contributed by atoms with Crippen molar-refractivity contribution in [3.05, 3.63) is 0 Å². The van der Waals surface area contributed by atoms with Crippen LogP contribution in [0.2, 0.25) is 0 Å². The molecule has 1 rings (SSSR count). The van der Waals surface area contributed by atoms with Crippen LogP contribution in [0.1, 0.15) is 33.1 Å². The van der Waals surface area contributed by atoms with E-state index in [0.29, 0.717) is 5.92 Å². The van der Waals surface area contributed by atoms with Gasteiger partial charge in [-0.05, 0) is 18.3 Å². The number of rotatable bonds is 0. The Bertz CT molecular complexity index is 85.3. The van der Waals surface area contributed by atoms with Crippen LogP contribution in [0.25, 0.3) is 0 Å². The summed E-state index contributed by atoms with van der Waals surface area (Å²) in [4.78, 5) is 0. The minimum absolute atomic E-state index is 0. The van der Waals surface area contributed by atoms with Crippen LogP contribution in [0.3, 0.4) is 0 Å². The zero-order valence-corrected chi connectivity index (χ0v) is 6.30. The van der Waals surface area contributed by atoms with E-state index in [0.717, 1.165) is 12.3 Å². The first kappa shape index (κ1) is 10.6. The first-order chi connectivity index (χ1) is 4.22. The van der Waals surface area contributed by atoms with E-state index in [2.05, 4.69) is 13.8 Å². The Morgan fingerprint density at radius 2 is 1.80 bits per heavy atom. The van der Waals surface area contributed by atoms with E-state index in [1.165, 1.54) is 12.8 Å². The van der Waals surface area contributed by atoms with Crippen LogP contribution in [-0.4, -0.2) is 30.1 Å². The molecule has 0 saturated heterocycles.